The molecule has 23 heavy (non-hydrogen) atoms. The van der Waals surface area contributed by atoms with Gasteiger partial charge in [0.1, 0.15) is 6.61 Å². The van der Waals surface area contributed by atoms with Gasteiger partial charge in [0.05, 0.1) is 14.2 Å². The van der Waals surface area contributed by atoms with Crippen LogP contribution < -0.4 is 14.8 Å². The van der Waals surface area contributed by atoms with Gasteiger partial charge in [-0.1, -0.05) is 11.8 Å². The Hall–Kier alpha value is -2.40. The van der Waals surface area contributed by atoms with Crippen LogP contribution in [-0.2, 0) is 11.2 Å². The molecular weight excluding hydrogens is 315 g/mol. The third-order valence-electron chi connectivity index (χ3n) is 2.85. The highest BCUT2D eigenvalue weighted by Gasteiger charge is 2.38. The normalized spacial score (nSPS) is 10.5. The number of amides is 1. The molecule has 1 rings (SSSR count). The number of nitrogens with one attached hydrogen (secondary N) is 1. The standard InChI is InChI=1S/C15H16F3NO4/c1-22-12-8-10(4-3-7-20)11(9-13(12)23-2)5-6-19-14(21)15(16,17)18/h8-9,20H,5-7H2,1-2H3,(H,19,21). The fraction of sp³-hybridized carbons (Fsp3) is 0.400. The minimum absolute atomic E-state index is 0.109. The number of aliphatic hydroxyl groups excluding tert-OH is 1. The van der Waals surface area contributed by atoms with Crippen LogP contribution in [0.5, 0.6) is 11.5 Å². The van der Waals surface area contributed by atoms with E-state index in [1.54, 1.807) is 17.4 Å². The van der Waals surface area contributed by atoms with Crippen LogP contribution in [0.25, 0.3) is 0 Å². The van der Waals surface area contributed by atoms with Crippen molar-refractivity contribution in [3.05, 3.63) is 23.3 Å². The molecule has 0 radical (unpaired) electrons. The zero-order valence-electron chi connectivity index (χ0n) is 12.6. The second kappa shape index (κ2) is 8.29. The number of carbonyl (C=O) groups excluding carboxylic acids is 1. The molecule has 1 aromatic rings. The molecule has 0 heterocycles. The zero-order chi connectivity index (χ0) is 17.5. The van der Waals surface area contributed by atoms with Crippen LogP contribution in [0, 0.1) is 11.8 Å². The van der Waals surface area contributed by atoms with Gasteiger partial charge in [-0.2, -0.15) is 13.2 Å². The fourth-order valence-corrected chi connectivity index (χ4v) is 1.79. The summed E-state index contributed by atoms with van der Waals surface area (Å²) in [6.45, 7) is -0.583. The van der Waals surface area contributed by atoms with E-state index in [1.807, 2.05) is 0 Å². The Morgan fingerprint density at radius 1 is 1.26 bits per heavy atom. The van der Waals surface area contributed by atoms with Gasteiger partial charge in [-0.25, -0.2) is 0 Å². The first-order valence-electron chi connectivity index (χ1n) is 6.53. The molecular formula is C15H16F3NO4. The Bertz CT molecular complexity index is 618. The highest BCUT2D eigenvalue weighted by molar-refractivity contribution is 5.81. The Labute approximate surface area is 131 Å². The number of ether oxygens (including phenoxy) is 2. The molecule has 0 bridgehead atoms. The van der Waals surface area contributed by atoms with Crippen molar-refractivity contribution in [1.29, 1.82) is 0 Å². The van der Waals surface area contributed by atoms with Crippen LogP contribution in [0.2, 0.25) is 0 Å². The summed E-state index contributed by atoms with van der Waals surface area (Å²) < 4.78 is 46.7. The highest BCUT2D eigenvalue weighted by atomic mass is 19.4. The van der Waals surface area contributed by atoms with E-state index in [0.717, 1.165) is 0 Å². The molecule has 5 nitrogen and oxygen atoms in total. The first-order chi connectivity index (χ1) is 10.8. The average Bonchev–Trinajstić information content (AvgIpc) is 2.51. The number of halogens is 3. The molecule has 1 amide bonds. The number of benzene rings is 1. The number of alkyl halides is 3. The zero-order valence-corrected chi connectivity index (χ0v) is 12.6. The summed E-state index contributed by atoms with van der Waals surface area (Å²) in [5, 5.41) is 10.6. The van der Waals surface area contributed by atoms with Crippen LogP contribution >= 0.6 is 0 Å². The molecule has 0 saturated heterocycles. The van der Waals surface area contributed by atoms with Crippen molar-refractivity contribution < 1.29 is 32.5 Å². The SMILES string of the molecule is COc1cc(C#CCO)c(CCNC(=O)C(F)(F)F)cc1OC. The number of hydrogen-bond donors (Lipinski definition) is 2. The molecule has 1 aromatic carbocycles. The van der Waals surface area contributed by atoms with Crippen LogP contribution in [-0.4, -0.2) is 44.6 Å². The van der Waals surface area contributed by atoms with Crippen LogP contribution in [0.1, 0.15) is 11.1 Å². The molecule has 8 heteroatoms. The maximum Gasteiger partial charge on any atom is 0.471 e. The van der Waals surface area contributed by atoms with E-state index in [0.29, 0.717) is 22.6 Å². The molecule has 2 N–H and O–H groups in total. The Kier molecular flexibility index (Phi) is 6.72. The van der Waals surface area contributed by atoms with Crippen LogP contribution in [0.4, 0.5) is 13.2 Å². The minimum Gasteiger partial charge on any atom is -0.493 e. The van der Waals surface area contributed by atoms with Crippen molar-refractivity contribution in [3.8, 4) is 23.3 Å². The summed E-state index contributed by atoms with van der Waals surface area (Å²) in [6, 6.07) is 3.13. The van der Waals surface area contributed by atoms with Gasteiger partial charge in [0.15, 0.2) is 11.5 Å². The molecule has 0 aliphatic rings. The van der Waals surface area contributed by atoms with E-state index >= 15 is 0 Å². The molecule has 0 fully saturated rings. The number of carbonyl (C=O) groups is 1. The number of hydrogen-bond acceptors (Lipinski definition) is 4. The minimum atomic E-state index is -4.92. The largest absolute Gasteiger partial charge is 0.493 e. The summed E-state index contributed by atoms with van der Waals surface area (Å²) in [5.41, 5.74) is 1.03. The Morgan fingerprint density at radius 3 is 2.39 bits per heavy atom. The summed E-state index contributed by atoms with van der Waals surface area (Å²) in [6.07, 6.45) is -4.81. The number of methoxy groups -OCH3 is 2. The smallest absolute Gasteiger partial charge is 0.471 e. The lowest BCUT2D eigenvalue weighted by Crippen LogP contribution is -2.37. The molecule has 0 saturated carbocycles. The predicted octanol–water partition coefficient (Wildman–Crippen LogP) is 1.27. The predicted molar refractivity (Wildman–Crippen MR) is 76.3 cm³/mol. The van der Waals surface area contributed by atoms with E-state index in [2.05, 4.69) is 11.8 Å². The summed E-state index contributed by atoms with van der Waals surface area (Å²) >= 11 is 0. The van der Waals surface area contributed by atoms with E-state index in [-0.39, 0.29) is 19.6 Å². The molecule has 0 aliphatic heterocycles. The first kappa shape index (κ1) is 18.6. The van der Waals surface area contributed by atoms with Crippen molar-refractivity contribution in [1.82, 2.24) is 5.32 Å². The third-order valence-corrected chi connectivity index (χ3v) is 2.85. The topological polar surface area (TPSA) is 67.8 Å². The quantitative estimate of drug-likeness (QED) is 0.798. The van der Waals surface area contributed by atoms with E-state index in [9.17, 15) is 18.0 Å². The van der Waals surface area contributed by atoms with Crippen LogP contribution in [0.3, 0.4) is 0 Å². The van der Waals surface area contributed by atoms with E-state index in [1.165, 1.54) is 14.2 Å². The van der Waals surface area contributed by atoms with Gasteiger partial charge in [-0.3, -0.25) is 4.79 Å². The molecule has 0 atom stereocenters. The maximum absolute atomic E-state index is 12.1. The average molecular weight is 331 g/mol. The lowest BCUT2D eigenvalue weighted by atomic mass is 10.0. The highest BCUT2D eigenvalue weighted by Crippen LogP contribution is 2.30. The Balaban J connectivity index is 2.97. The lowest BCUT2D eigenvalue weighted by molar-refractivity contribution is -0.173. The van der Waals surface area contributed by atoms with Gasteiger partial charge in [0.25, 0.3) is 0 Å². The number of rotatable bonds is 5. The number of aliphatic hydroxyl groups is 1. The lowest BCUT2D eigenvalue weighted by Gasteiger charge is -2.13. The maximum atomic E-state index is 12.1. The summed E-state index contributed by atoms with van der Waals surface area (Å²) in [4.78, 5) is 10.8. The van der Waals surface area contributed by atoms with Gasteiger partial charge in [0.2, 0.25) is 0 Å². The monoisotopic (exact) mass is 331 g/mol. The molecule has 0 aromatic heterocycles. The first-order valence-corrected chi connectivity index (χ1v) is 6.53. The van der Waals surface area contributed by atoms with Crippen molar-refractivity contribution in [2.24, 2.45) is 0 Å². The van der Waals surface area contributed by atoms with Crippen molar-refractivity contribution in [2.75, 3.05) is 27.4 Å². The second-order valence-electron chi connectivity index (χ2n) is 4.33. The Morgan fingerprint density at radius 2 is 1.87 bits per heavy atom. The molecule has 0 aliphatic carbocycles. The van der Waals surface area contributed by atoms with Crippen molar-refractivity contribution >= 4 is 5.91 Å². The van der Waals surface area contributed by atoms with Gasteiger partial charge < -0.3 is 19.9 Å². The summed E-state index contributed by atoms with van der Waals surface area (Å²) in [7, 11) is 2.86. The molecule has 0 spiro atoms. The second-order valence-corrected chi connectivity index (χ2v) is 4.33. The van der Waals surface area contributed by atoms with Crippen LogP contribution in [0.15, 0.2) is 12.1 Å². The van der Waals surface area contributed by atoms with Crippen molar-refractivity contribution in [3.63, 3.8) is 0 Å². The van der Waals surface area contributed by atoms with Gasteiger partial charge in [-0.05, 0) is 24.1 Å². The molecule has 126 valence electrons. The van der Waals surface area contributed by atoms with Crippen molar-refractivity contribution in [2.45, 2.75) is 12.6 Å². The van der Waals surface area contributed by atoms with Gasteiger partial charge in [-0.15, -0.1) is 0 Å². The van der Waals surface area contributed by atoms with E-state index in [4.69, 9.17) is 14.6 Å². The third kappa shape index (κ3) is 5.38. The van der Waals surface area contributed by atoms with Gasteiger partial charge >= 0.3 is 12.1 Å². The fourth-order valence-electron chi connectivity index (χ4n) is 1.79. The van der Waals surface area contributed by atoms with E-state index < -0.39 is 12.1 Å². The van der Waals surface area contributed by atoms with Gasteiger partial charge in [0, 0.05) is 12.1 Å². The summed E-state index contributed by atoms with van der Waals surface area (Å²) in [5.74, 6) is 3.94. The molecule has 0 unspecified atom stereocenters.